The maximum atomic E-state index is 13.2. The van der Waals surface area contributed by atoms with Crippen molar-refractivity contribution in [1.29, 1.82) is 0 Å². The summed E-state index contributed by atoms with van der Waals surface area (Å²) in [7, 11) is 0. The normalized spacial score (nSPS) is 17.7. The van der Waals surface area contributed by atoms with Gasteiger partial charge in [-0.05, 0) is 37.1 Å². The Morgan fingerprint density at radius 1 is 1.48 bits per heavy atom. The van der Waals surface area contributed by atoms with E-state index in [-0.39, 0.29) is 35.7 Å². The van der Waals surface area contributed by atoms with Crippen LogP contribution in [0.5, 0.6) is 5.75 Å². The molecule has 0 radical (unpaired) electrons. The van der Waals surface area contributed by atoms with Crippen LogP contribution in [0.4, 0.5) is 4.39 Å². The molecule has 1 atom stereocenters. The van der Waals surface area contributed by atoms with Gasteiger partial charge in [0.25, 0.3) is 5.91 Å². The van der Waals surface area contributed by atoms with Crippen LogP contribution in [-0.2, 0) is 0 Å². The minimum absolute atomic E-state index is 0.0349. The highest BCUT2D eigenvalue weighted by Gasteiger charge is 2.29. The number of carbonyl (C=O) groups is 1. The molecule has 2 N–H and O–H groups in total. The van der Waals surface area contributed by atoms with E-state index in [9.17, 15) is 14.3 Å². The fourth-order valence-electron chi connectivity index (χ4n) is 2.83. The average molecular weight is 319 g/mol. The largest absolute Gasteiger partial charge is 0.504 e. The number of rotatable bonds is 3. The Labute approximate surface area is 132 Å². The Morgan fingerprint density at radius 3 is 2.91 bits per heavy atom. The van der Waals surface area contributed by atoms with E-state index in [1.807, 2.05) is 0 Å². The first kappa shape index (κ1) is 15.5. The molecule has 2 heterocycles. The molecule has 1 saturated heterocycles. The van der Waals surface area contributed by atoms with Gasteiger partial charge >= 0.3 is 0 Å². The molecule has 1 aromatic heterocycles. The average Bonchev–Trinajstić information content (AvgIpc) is 3.13. The number of nitrogens with zero attached hydrogens (tertiary/aromatic N) is 3. The molecule has 2 aromatic rings. The third kappa shape index (κ3) is 2.92. The summed E-state index contributed by atoms with van der Waals surface area (Å²) in [6.45, 7) is 2.76. The van der Waals surface area contributed by atoms with E-state index in [0.717, 1.165) is 6.42 Å². The maximum Gasteiger partial charge on any atom is 0.278 e. The number of likely N-dealkylation sites (tertiary alicyclic amines) is 1. The third-order valence-electron chi connectivity index (χ3n) is 4.13. The monoisotopic (exact) mass is 319 g/mol. The van der Waals surface area contributed by atoms with Crippen molar-refractivity contribution in [3.63, 3.8) is 0 Å². The van der Waals surface area contributed by atoms with Crippen LogP contribution in [0, 0.1) is 18.7 Å². The van der Waals surface area contributed by atoms with Crippen LogP contribution >= 0.6 is 0 Å². The molecule has 3 rings (SSSR count). The highest BCUT2D eigenvalue weighted by molar-refractivity contribution is 5.95. The van der Waals surface area contributed by atoms with E-state index in [4.69, 9.17) is 5.11 Å². The minimum Gasteiger partial charge on any atom is -0.504 e. The second-order valence-corrected chi connectivity index (χ2v) is 5.83. The lowest BCUT2D eigenvalue weighted by atomic mass is 10.1. The van der Waals surface area contributed by atoms with Crippen LogP contribution in [0.25, 0.3) is 5.69 Å². The number of aliphatic hydroxyl groups excluding tert-OH is 1. The molecule has 7 heteroatoms. The molecule has 0 spiro atoms. The zero-order chi connectivity index (χ0) is 16.6. The lowest BCUT2D eigenvalue weighted by Gasteiger charge is -2.14. The summed E-state index contributed by atoms with van der Waals surface area (Å²) >= 11 is 0. The maximum absolute atomic E-state index is 13.2. The van der Waals surface area contributed by atoms with E-state index in [1.165, 1.54) is 23.0 Å². The van der Waals surface area contributed by atoms with Gasteiger partial charge in [0.15, 0.2) is 11.4 Å². The first-order chi connectivity index (χ1) is 11.0. The molecule has 6 nitrogen and oxygen atoms in total. The Kier molecular flexibility index (Phi) is 4.04. The number of carbonyl (C=O) groups excluding carboxylic acids is 1. The van der Waals surface area contributed by atoms with Gasteiger partial charge in [-0.2, -0.15) is 5.10 Å². The molecule has 23 heavy (non-hydrogen) atoms. The van der Waals surface area contributed by atoms with E-state index >= 15 is 0 Å². The van der Waals surface area contributed by atoms with Gasteiger partial charge in [0.05, 0.1) is 11.9 Å². The van der Waals surface area contributed by atoms with Gasteiger partial charge in [-0.15, -0.1) is 0 Å². The van der Waals surface area contributed by atoms with Gasteiger partial charge in [-0.3, -0.25) is 4.79 Å². The first-order valence-electron chi connectivity index (χ1n) is 7.45. The highest BCUT2D eigenvalue weighted by Crippen LogP contribution is 2.24. The van der Waals surface area contributed by atoms with Gasteiger partial charge in [0, 0.05) is 25.6 Å². The summed E-state index contributed by atoms with van der Waals surface area (Å²) in [5, 5.41) is 23.4. The highest BCUT2D eigenvalue weighted by atomic mass is 19.1. The van der Waals surface area contributed by atoms with Gasteiger partial charge in [-0.1, -0.05) is 0 Å². The standard InChI is InChI=1S/C16H18FN3O3/c1-10-6-12(17)2-3-13(10)20-8-14(22)15(18-20)16(23)19-5-4-11(7-19)9-21/h2-3,6,8,11,21-22H,4-5,7,9H2,1H3. The van der Waals surface area contributed by atoms with Crippen molar-refractivity contribution in [1.82, 2.24) is 14.7 Å². The number of halogens is 1. The lowest BCUT2D eigenvalue weighted by molar-refractivity contribution is 0.0772. The molecule has 1 aromatic carbocycles. The number of aryl methyl sites for hydroxylation is 1. The number of hydrogen-bond acceptors (Lipinski definition) is 4. The van der Waals surface area contributed by atoms with Crippen molar-refractivity contribution in [2.75, 3.05) is 19.7 Å². The number of aromatic nitrogens is 2. The molecule has 1 unspecified atom stereocenters. The zero-order valence-corrected chi connectivity index (χ0v) is 12.7. The van der Waals surface area contributed by atoms with Crippen molar-refractivity contribution in [2.45, 2.75) is 13.3 Å². The molecular weight excluding hydrogens is 301 g/mol. The fourth-order valence-corrected chi connectivity index (χ4v) is 2.83. The van der Waals surface area contributed by atoms with E-state index in [1.54, 1.807) is 17.9 Å². The Bertz CT molecular complexity index is 744. The molecule has 0 aliphatic carbocycles. The second-order valence-electron chi connectivity index (χ2n) is 5.83. The summed E-state index contributed by atoms with van der Waals surface area (Å²) in [4.78, 5) is 14.0. The van der Waals surface area contributed by atoms with E-state index in [2.05, 4.69) is 5.10 Å². The quantitative estimate of drug-likeness (QED) is 0.898. The topological polar surface area (TPSA) is 78.6 Å². The van der Waals surface area contributed by atoms with Crippen molar-refractivity contribution < 1.29 is 19.4 Å². The third-order valence-corrected chi connectivity index (χ3v) is 4.13. The van der Waals surface area contributed by atoms with Crippen LogP contribution in [-0.4, -0.2) is 50.5 Å². The van der Waals surface area contributed by atoms with E-state index < -0.39 is 0 Å². The predicted molar refractivity (Wildman–Crippen MR) is 81.0 cm³/mol. The van der Waals surface area contributed by atoms with Crippen LogP contribution in [0.15, 0.2) is 24.4 Å². The van der Waals surface area contributed by atoms with Gasteiger partial charge in [0.1, 0.15) is 5.82 Å². The van der Waals surface area contributed by atoms with Gasteiger partial charge in [-0.25, -0.2) is 9.07 Å². The number of benzene rings is 1. The van der Waals surface area contributed by atoms with Crippen LogP contribution < -0.4 is 0 Å². The summed E-state index contributed by atoms with van der Waals surface area (Å²) in [5.41, 5.74) is 1.20. The summed E-state index contributed by atoms with van der Waals surface area (Å²) in [6.07, 6.45) is 2.08. The van der Waals surface area contributed by atoms with Crippen LogP contribution in [0.1, 0.15) is 22.5 Å². The van der Waals surface area contributed by atoms with E-state index in [0.29, 0.717) is 24.3 Å². The molecular formula is C16H18FN3O3. The first-order valence-corrected chi connectivity index (χ1v) is 7.45. The molecule has 1 aliphatic heterocycles. The molecule has 1 aliphatic rings. The lowest BCUT2D eigenvalue weighted by Crippen LogP contribution is -2.29. The molecule has 1 amide bonds. The second kappa shape index (κ2) is 6.00. The summed E-state index contributed by atoms with van der Waals surface area (Å²) < 4.78 is 14.6. The predicted octanol–water partition coefficient (Wildman–Crippen LogP) is 1.48. The number of amides is 1. The molecule has 122 valence electrons. The molecule has 0 saturated carbocycles. The number of aromatic hydroxyl groups is 1. The smallest absolute Gasteiger partial charge is 0.278 e. The van der Waals surface area contributed by atoms with Crippen molar-refractivity contribution in [3.8, 4) is 11.4 Å². The minimum atomic E-state index is -0.364. The zero-order valence-electron chi connectivity index (χ0n) is 12.7. The number of hydrogen-bond donors (Lipinski definition) is 2. The summed E-state index contributed by atoms with van der Waals surface area (Å²) in [6, 6.07) is 4.21. The summed E-state index contributed by atoms with van der Waals surface area (Å²) in [5.74, 6) is -0.864. The van der Waals surface area contributed by atoms with Gasteiger partial charge in [0.2, 0.25) is 0 Å². The van der Waals surface area contributed by atoms with Gasteiger partial charge < -0.3 is 15.1 Å². The Morgan fingerprint density at radius 2 is 2.26 bits per heavy atom. The van der Waals surface area contributed by atoms with Crippen molar-refractivity contribution >= 4 is 5.91 Å². The Hall–Kier alpha value is -2.41. The SMILES string of the molecule is Cc1cc(F)ccc1-n1cc(O)c(C(=O)N2CCC(CO)C2)n1. The molecule has 0 bridgehead atoms. The molecule has 1 fully saturated rings. The fraction of sp³-hybridized carbons (Fsp3) is 0.375. The van der Waals surface area contributed by atoms with Crippen molar-refractivity contribution in [2.24, 2.45) is 5.92 Å². The Balaban J connectivity index is 1.88. The van der Waals surface area contributed by atoms with Crippen molar-refractivity contribution in [3.05, 3.63) is 41.5 Å². The van der Waals surface area contributed by atoms with Crippen LogP contribution in [0.3, 0.4) is 0 Å². The van der Waals surface area contributed by atoms with Crippen LogP contribution in [0.2, 0.25) is 0 Å². The number of aliphatic hydroxyl groups is 1.